The maximum absolute atomic E-state index is 12.0. The molecule has 1 aromatic carbocycles. The summed E-state index contributed by atoms with van der Waals surface area (Å²) < 4.78 is 2.04. The van der Waals surface area contributed by atoms with E-state index in [2.05, 4.69) is 23.3 Å². The van der Waals surface area contributed by atoms with Crippen LogP contribution in [0.3, 0.4) is 0 Å². The molecule has 2 N–H and O–H groups in total. The number of thiol groups is 1. The van der Waals surface area contributed by atoms with E-state index in [0.717, 1.165) is 22.6 Å². The minimum Gasteiger partial charge on any atom is -0.323 e. The molecular formula is C17H16ClN3O2S. The molecule has 0 bridgehead atoms. The highest BCUT2D eigenvalue weighted by atomic mass is 35.5. The van der Waals surface area contributed by atoms with Gasteiger partial charge in [0, 0.05) is 22.1 Å². The highest BCUT2D eigenvalue weighted by molar-refractivity contribution is 7.80. The quantitative estimate of drug-likeness (QED) is 0.437. The Balaban J connectivity index is 2.03. The zero-order chi connectivity index (χ0) is 17.4. The van der Waals surface area contributed by atoms with E-state index in [1.807, 2.05) is 48.7 Å². The number of nitrogens with one attached hydrogen (secondary N) is 2. The Morgan fingerprint density at radius 3 is 2.29 bits per heavy atom. The van der Waals surface area contributed by atoms with E-state index in [-0.39, 0.29) is 5.57 Å². The summed E-state index contributed by atoms with van der Waals surface area (Å²) in [6, 6.07) is 9.42. The fourth-order valence-corrected chi connectivity index (χ4v) is 3.11. The number of halogens is 1. The van der Waals surface area contributed by atoms with Crippen LogP contribution < -0.4 is 10.6 Å². The van der Waals surface area contributed by atoms with E-state index < -0.39 is 17.3 Å². The molecule has 1 aliphatic heterocycles. The van der Waals surface area contributed by atoms with Crippen molar-refractivity contribution in [1.82, 2.24) is 15.2 Å². The van der Waals surface area contributed by atoms with E-state index in [1.165, 1.54) is 0 Å². The first-order valence-electron chi connectivity index (χ1n) is 7.33. The first-order chi connectivity index (χ1) is 11.4. The second-order valence-corrected chi connectivity index (χ2v) is 6.50. The molecule has 2 heterocycles. The number of carbonyl (C=O) groups is 2. The standard InChI is InChI=1S/C17H16ClN3O2S/c1-9-7-11(8-14-15(22)19-17(24)20-16(14)23)10(2)21(9)13-5-3-12(18)4-6-13/h3-8,17,24H,1-2H3,(H,19,22)(H,20,23). The number of aryl methyl sites for hydroxylation is 1. The molecule has 5 nitrogen and oxygen atoms in total. The molecule has 1 aliphatic rings. The molecule has 0 spiro atoms. The number of carbonyl (C=O) groups excluding carboxylic acids is 2. The van der Waals surface area contributed by atoms with Gasteiger partial charge >= 0.3 is 0 Å². The van der Waals surface area contributed by atoms with Crippen LogP contribution in [0.5, 0.6) is 0 Å². The normalized spacial score (nSPS) is 17.5. The van der Waals surface area contributed by atoms with Gasteiger partial charge in [0.15, 0.2) is 0 Å². The Labute approximate surface area is 150 Å². The topological polar surface area (TPSA) is 63.1 Å². The van der Waals surface area contributed by atoms with Crippen LogP contribution >= 0.6 is 24.2 Å². The van der Waals surface area contributed by atoms with Gasteiger partial charge in [0.2, 0.25) is 0 Å². The lowest BCUT2D eigenvalue weighted by Crippen LogP contribution is -2.52. The van der Waals surface area contributed by atoms with Crippen molar-refractivity contribution in [1.29, 1.82) is 0 Å². The summed E-state index contributed by atoms with van der Waals surface area (Å²) in [6.07, 6.45) is 1.60. The molecule has 124 valence electrons. The second kappa shape index (κ2) is 6.37. The van der Waals surface area contributed by atoms with Crippen LogP contribution in [0.15, 0.2) is 35.9 Å². The molecule has 3 rings (SSSR count). The SMILES string of the molecule is Cc1cc(C=C2C(=O)NC(S)NC2=O)c(C)n1-c1ccc(Cl)cc1. The number of rotatable bonds is 2. The predicted octanol–water partition coefficient (Wildman–Crippen LogP) is 2.59. The lowest BCUT2D eigenvalue weighted by Gasteiger charge is -2.21. The van der Waals surface area contributed by atoms with Gasteiger partial charge < -0.3 is 15.2 Å². The lowest BCUT2D eigenvalue weighted by atomic mass is 10.1. The van der Waals surface area contributed by atoms with Crippen molar-refractivity contribution >= 4 is 42.1 Å². The maximum atomic E-state index is 12.0. The monoisotopic (exact) mass is 361 g/mol. The van der Waals surface area contributed by atoms with Crippen molar-refractivity contribution in [3.05, 3.63) is 57.9 Å². The number of benzene rings is 1. The molecule has 1 saturated heterocycles. The largest absolute Gasteiger partial charge is 0.323 e. The molecule has 2 amide bonds. The summed E-state index contributed by atoms with van der Waals surface area (Å²) in [6.45, 7) is 3.91. The van der Waals surface area contributed by atoms with Crippen LogP contribution in [0, 0.1) is 13.8 Å². The number of nitrogens with zero attached hydrogens (tertiary/aromatic N) is 1. The zero-order valence-electron chi connectivity index (χ0n) is 13.1. The molecular weight excluding hydrogens is 346 g/mol. The van der Waals surface area contributed by atoms with Crippen molar-refractivity contribution < 1.29 is 9.59 Å². The first kappa shape index (κ1) is 16.7. The molecule has 0 aliphatic carbocycles. The zero-order valence-corrected chi connectivity index (χ0v) is 14.8. The Kier molecular flexibility index (Phi) is 4.43. The molecule has 24 heavy (non-hydrogen) atoms. The minimum atomic E-state index is -0.663. The van der Waals surface area contributed by atoms with Crippen molar-refractivity contribution in [3.8, 4) is 5.69 Å². The third kappa shape index (κ3) is 3.07. The molecule has 0 atom stereocenters. The van der Waals surface area contributed by atoms with Gasteiger partial charge in [0.1, 0.15) is 11.1 Å². The number of amides is 2. The van der Waals surface area contributed by atoms with Gasteiger partial charge in [-0.2, -0.15) is 0 Å². The first-order valence-corrected chi connectivity index (χ1v) is 8.22. The van der Waals surface area contributed by atoms with E-state index >= 15 is 0 Å². The molecule has 1 aromatic heterocycles. The second-order valence-electron chi connectivity index (χ2n) is 5.55. The fraction of sp³-hybridized carbons (Fsp3) is 0.176. The van der Waals surface area contributed by atoms with Gasteiger partial charge in [-0.1, -0.05) is 11.6 Å². The highest BCUT2D eigenvalue weighted by Crippen LogP contribution is 2.24. The predicted molar refractivity (Wildman–Crippen MR) is 97.3 cm³/mol. The molecule has 7 heteroatoms. The third-order valence-corrected chi connectivity index (χ3v) is 4.39. The molecule has 0 saturated carbocycles. The summed E-state index contributed by atoms with van der Waals surface area (Å²) in [5.41, 5.74) is 3.09. The van der Waals surface area contributed by atoms with Crippen molar-refractivity contribution in [2.45, 2.75) is 19.3 Å². The molecule has 0 radical (unpaired) electrons. The molecule has 1 fully saturated rings. The van der Waals surface area contributed by atoms with Gasteiger partial charge in [-0.3, -0.25) is 9.59 Å². The number of aromatic nitrogens is 1. The highest BCUT2D eigenvalue weighted by Gasteiger charge is 2.27. The van der Waals surface area contributed by atoms with Crippen LogP contribution in [0.25, 0.3) is 11.8 Å². The number of hydrogen-bond donors (Lipinski definition) is 3. The molecule has 0 unspecified atom stereocenters. The summed E-state index contributed by atoms with van der Waals surface area (Å²) in [5.74, 6) is -0.870. The minimum absolute atomic E-state index is 0.0663. The summed E-state index contributed by atoms with van der Waals surface area (Å²) in [4.78, 5) is 24.0. The Morgan fingerprint density at radius 2 is 1.71 bits per heavy atom. The van der Waals surface area contributed by atoms with Crippen molar-refractivity contribution in [2.24, 2.45) is 0 Å². The van der Waals surface area contributed by atoms with E-state index in [9.17, 15) is 9.59 Å². The van der Waals surface area contributed by atoms with Gasteiger partial charge in [-0.15, -0.1) is 12.6 Å². The summed E-state index contributed by atoms with van der Waals surface area (Å²) in [7, 11) is 0. The Bertz CT molecular complexity index is 835. The van der Waals surface area contributed by atoms with Gasteiger partial charge in [0.25, 0.3) is 11.8 Å². The van der Waals surface area contributed by atoms with Crippen molar-refractivity contribution in [3.63, 3.8) is 0 Å². The average molecular weight is 362 g/mol. The lowest BCUT2D eigenvalue weighted by molar-refractivity contribution is -0.126. The van der Waals surface area contributed by atoms with E-state index in [4.69, 9.17) is 11.6 Å². The van der Waals surface area contributed by atoms with Gasteiger partial charge in [0.05, 0.1) is 0 Å². The number of hydrogen-bond acceptors (Lipinski definition) is 3. The fourth-order valence-electron chi connectivity index (χ4n) is 2.75. The van der Waals surface area contributed by atoms with Crippen LogP contribution in [-0.4, -0.2) is 21.9 Å². The van der Waals surface area contributed by atoms with Crippen LogP contribution in [0.1, 0.15) is 17.0 Å². The Hall–Kier alpha value is -2.18. The summed E-state index contributed by atoms with van der Waals surface area (Å²) >= 11 is 9.98. The summed E-state index contributed by atoms with van der Waals surface area (Å²) in [5, 5.41) is 5.79. The van der Waals surface area contributed by atoms with Gasteiger partial charge in [-0.25, -0.2) is 0 Å². The average Bonchev–Trinajstić information content (AvgIpc) is 2.78. The maximum Gasteiger partial charge on any atom is 0.259 e. The molecule has 2 aromatic rings. The smallest absolute Gasteiger partial charge is 0.259 e. The van der Waals surface area contributed by atoms with Crippen LogP contribution in [0.2, 0.25) is 5.02 Å². The van der Waals surface area contributed by atoms with Crippen molar-refractivity contribution in [2.75, 3.05) is 0 Å². The van der Waals surface area contributed by atoms with Crippen LogP contribution in [-0.2, 0) is 9.59 Å². The Morgan fingerprint density at radius 1 is 1.12 bits per heavy atom. The van der Waals surface area contributed by atoms with E-state index in [1.54, 1.807) is 6.08 Å². The van der Waals surface area contributed by atoms with E-state index in [0.29, 0.717) is 5.02 Å². The third-order valence-electron chi connectivity index (χ3n) is 3.88. The van der Waals surface area contributed by atoms with Crippen LogP contribution in [0.4, 0.5) is 0 Å². The van der Waals surface area contributed by atoms with Gasteiger partial charge in [-0.05, 0) is 55.8 Å².